The lowest BCUT2D eigenvalue weighted by molar-refractivity contribution is -0.117. The average Bonchev–Trinajstić information content (AvgIpc) is 2.89. The summed E-state index contributed by atoms with van der Waals surface area (Å²) < 4.78 is 6.01. The molecule has 0 saturated carbocycles. The Kier molecular flexibility index (Phi) is 9.50. The van der Waals surface area contributed by atoms with Gasteiger partial charge in [-0.1, -0.05) is 62.9 Å². The van der Waals surface area contributed by atoms with Crippen molar-refractivity contribution in [3.8, 4) is 12.1 Å². The highest BCUT2D eigenvalue weighted by atomic mass is 32.2. The molecule has 1 saturated heterocycles. The number of aromatic nitrogens is 1. The number of hydrogen-bond donors (Lipinski definition) is 1. The van der Waals surface area contributed by atoms with E-state index in [1.807, 2.05) is 37.3 Å². The monoisotopic (exact) mass is 492 g/mol. The Balaban J connectivity index is 2.04. The third-order valence-electron chi connectivity index (χ3n) is 6.21. The van der Waals surface area contributed by atoms with Crippen LogP contribution in [0.2, 0.25) is 0 Å². The Bertz CT molecular complexity index is 1110. The van der Waals surface area contributed by atoms with Gasteiger partial charge in [0.25, 0.3) is 0 Å². The first kappa shape index (κ1) is 26.5. The van der Waals surface area contributed by atoms with E-state index in [9.17, 15) is 15.3 Å². The van der Waals surface area contributed by atoms with Crippen molar-refractivity contribution in [3.63, 3.8) is 0 Å². The molecule has 2 N–H and O–H groups in total. The number of rotatable bonds is 10. The van der Waals surface area contributed by atoms with Crippen molar-refractivity contribution in [2.24, 2.45) is 5.73 Å². The maximum absolute atomic E-state index is 12.4. The molecule has 8 nitrogen and oxygen atoms in total. The second-order valence-electron chi connectivity index (χ2n) is 8.28. The Hall–Kier alpha value is -3.11. The quantitative estimate of drug-likeness (QED) is 0.502. The summed E-state index contributed by atoms with van der Waals surface area (Å²) in [6.07, 6.45) is 0.478. The molecule has 2 aromatic rings. The number of nitrogens with zero attached hydrogens (tertiary/aromatic N) is 5. The van der Waals surface area contributed by atoms with Crippen LogP contribution < -0.4 is 10.6 Å². The third kappa shape index (κ3) is 6.12. The number of pyridine rings is 1. The molecule has 0 aliphatic carbocycles. The molecule has 1 unspecified atom stereocenters. The number of anilines is 1. The largest absolute Gasteiger partial charge is 0.373 e. The van der Waals surface area contributed by atoms with Crippen LogP contribution in [-0.4, -0.2) is 61.2 Å². The number of thioether (sulfide) groups is 1. The topological polar surface area (TPSA) is 119 Å². The van der Waals surface area contributed by atoms with Gasteiger partial charge in [-0.3, -0.25) is 4.79 Å². The standard InChI is InChI=1S/C26H32N6O2S/c1-4-20-21(14-27)25(32-12-13-34-19(17-32)16-31(5-2)6-3)30-26(22(20)15-28)35-23(24(29)33)18-10-8-7-9-11-18/h7-11,19,23H,4-6,12-13,16-17H2,1-3H3,(H2,29,33)/t19-,23?/m1/s1. The molecular formula is C26H32N6O2S. The van der Waals surface area contributed by atoms with E-state index in [1.165, 1.54) is 0 Å². The van der Waals surface area contributed by atoms with E-state index in [0.29, 0.717) is 53.7 Å². The van der Waals surface area contributed by atoms with Crippen molar-refractivity contribution in [2.45, 2.75) is 43.6 Å². The van der Waals surface area contributed by atoms with Gasteiger partial charge in [-0.25, -0.2) is 4.98 Å². The van der Waals surface area contributed by atoms with Crippen LogP contribution in [0.4, 0.5) is 5.82 Å². The van der Waals surface area contributed by atoms with Crippen molar-refractivity contribution in [2.75, 3.05) is 44.2 Å². The zero-order valence-corrected chi connectivity index (χ0v) is 21.3. The number of hydrogen-bond acceptors (Lipinski definition) is 8. The molecule has 1 aromatic carbocycles. The highest BCUT2D eigenvalue weighted by molar-refractivity contribution is 8.00. The Morgan fingerprint density at radius 3 is 2.49 bits per heavy atom. The fourth-order valence-corrected chi connectivity index (χ4v) is 5.38. The van der Waals surface area contributed by atoms with E-state index in [4.69, 9.17) is 15.5 Å². The lowest BCUT2D eigenvalue weighted by Crippen LogP contribution is -2.48. The van der Waals surface area contributed by atoms with Gasteiger partial charge >= 0.3 is 0 Å². The Labute approximate surface area is 211 Å². The molecule has 0 bridgehead atoms. The molecule has 0 spiro atoms. The number of benzene rings is 1. The number of ether oxygens (including phenoxy) is 1. The van der Waals surface area contributed by atoms with Crippen molar-refractivity contribution in [1.82, 2.24) is 9.88 Å². The van der Waals surface area contributed by atoms with Crippen molar-refractivity contribution >= 4 is 23.5 Å². The van der Waals surface area contributed by atoms with E-state index < -0.39 is 11.2 Å². The summed E-state index contributed by atoms with van der Waals surface area (Å²) in [5, 5.41) is 19.8. The number of nitriles is 2. The van der Waals surface area contributed by atoms with Gasteiger partial charge in [-0.05, 0) is 30.6 Å². The smallest absolute Gasteiger partial charge is 0.235 e. The molecule has 1 aliphatic rings. The first-order valence-corrected chi connectivity index (χ1v) is 12.8. The van der Waals surface area contributed by atoms with Crippen molar-refractivity contribution in [3.05, 3.63) is 52.6 Å². The van der Waals surface area contributed by atoms with Gasteiger partial charge in [0.15, 0.2) is 0 Å². The second kappa shape index (κ2) is 12.6. The van der Waals surface area contributed by atoms with Crippen LogP contribution in [0.5, 0.6) is 0 Å². The molecule has 2 atom stereocenters. The lowest BCUT2D eigenvalue weighted by Gasteiger charge is -2.36. The van der Waals surface area contributed by atoms with E-state index in [2.05, 4.69) is 35.8 Å². The molecule has 184 valence electrons. The number of likely N-dealkylation sites (N-methyl/N-ethyl adjacent to an activating group) is 1. The number of nitrogens with two attached hydrogens (primary N) is 1. The summed E-state index contributed by atoms with van der Waals surface area (Å²) in [7, 11) is 0. The van der Waals surface area contributed by atoms with E-state index in [1.54, 1.807) is 0 Å². The molecular weight excluding hydrogens is 460 g/mol. The first-order valence-electron chi connectivity index (χ1n) is 11.9. The fourth-order valence-electron chi connectivity index (χ4n) is 4.32. The van der Waals surface area contributed by atoms with E-state index >= 15 is 0 Å². The highest BCUT2D eigenvalue weighted by Gasteiger charge is 2.30. The van der Waals surface area contributed by atoms with Crippen molar-refractivity contribution < 1.29 is 9.53 Å². The summed E-state index contributed by atoms with van der Waals surface area (Å²) in [4.78, 5) is 21.6. The van der Waals surface area contributed by atoms with Crippen molar-refractivity contribution in [1.29, 1.82) is 10.5 Å². The van der Waals surface area contributed by atoms with Gasteiger partial charge in [-0.15, -0.1) is 0 Å². The summed E-state index contributed by atoms with van der Waals surface area (Å²) >= 11 is 1.16. The minimum absolute atomic E-state index is 0.0171. The minimum atomic E-state index is -0.707. The van der Waals surface area contributed by atoms with Crippen LogP contribution in [0.15, 0.2) is 35.4 Å². The van der Waals surface area contributed by atoms with Crippen LogP contribution in [0.25, 0.3) is 0 Å². The average molecular weight is 493 g/mol. The molecule has 3 rings (SSSR count). The van der Waals surface area contributed by atoms with Gasteiger partial charge in [-0.2, -0.15) is 10.5 Å². The zero-order valence-electron chi connectivity index (χ0n) is 20.5. The second-order valence-corrected chi connectivity index (χ2v) is 9.38. The van der Waals surface area contributed by atoms with Gasteiger partial charge in [0.05, 0.1) is 23.8 Å². The molecule has 2 heterocycles. The maximum Gasteiger partial charge on any atom is 0.235 e. The predicted octanol–water partition coefficient (Wildman–Crippen LogP) is 3.25. The number of carbonyl (C=O) groups is 1. The Morgan fingerprint density at radius 2 is 1.91 bits per heavy atom. The Morgan fingerprint density at radius 1 is 1.23 bits per heavy atom. The molecule has 0 radical (unpaired) electrons. The molecule has 1 amide bonds. The summed E-state index contributed by atoms with van der Waals surface area (Å²) in [6.45, 7) is 10.5. The van der Waals surface area contributed by atoms with Crippen LogP contribution in [0.3, 0.4) is 0 Å². The molecule has 35 heavy (non-hydrogen) atoms. The first-order chi connectivity index (χ1) is 17.0. The summed E-state index contributed by atoms with van der Waals surface area (Å²) in [6, 6.07) is 13.7. The molecule has 1 fully saturated rings. The van der Waals surface area contributed by atoms with Gasteiger partial charge < -0.3 is 20.3 Å². The fraction of sp³-hybridized carbons (Fsp3) is 0.462. The van der Waals surface area contributed by atoms with Crippen LogP contribution in [0, 0.1) is 22.7 Å². The number of morpholine rings is 1. The van der Waals surface area contributed by atoms with Gasteiger partial charge in [0.2, 0.25) is 5.91 Å². The number of primary amides is 1. The van der Waals surface area contributed by atoms with Crippen LogP contribution in [-0.2, 0) is 16.0 Å². The maximum atomic E-state index is 12.4. The van der Waals surface area contributed by atoms with E-state index in [-0.39, 0.29) is 6.10 Å². The SMILES string of the molecule is CCc1c(C#N)c(SC(C(N)=O)c2ccccc2)nc(N2CCO[C@H](CN(CC)CC)C2)c1C#N. The van der Waals surface area contributed by atoms with Crippen LogP contribution in [0.1, 0.15) is 48.3 Å². The molecule has 1 aliphatic heterocycles. The number of amides is 1. The summed E-state index contributed by atoms with van der Waals surface area (Å²) in [5.74, 6) is 0.0245. The number of carbonyl (C=O) groups excluding carboxylic acids is 1. The molecule has 1 aromatic heterocycles. The van der Waals surface area contributed by atoms with E-state index in [0.717, 1.165) is 37.0 Å². The summed E-state index contributed by atoms with van der Waals surface area (Å²) in [5.41, 5.74) is 7.87. The predicted molar refractivity (Wildman–Crippen MR) is 137 cm³/mol. The zero-order chi connectivity index (χ0) is 25.4. The van der Waals surface area contributed by atoms with Crippen LogP contribution >= 0.6 is 11.8 Å². The van der Waals surface area contributed by atoms with Gasteiger partial charge in [0.1, 0.15) is 28.2 Å². The van der Waals surface area contributed by atoms with Gasteiger partial charge in [0, 0.05) is 19.6 Å². The molecule has 9 heteroatoms. The lowest BCUT2D eigenvalue weighted by atomic mass is 10.0. The minimum Gasteiger partial charge on any atom is -0.373 e. The highest BCUT2D eigenvalue weighted by Crippen LogP contribution is 2.39. The normalized spacial score (nSPS) is 16.5. The third-order valence-corrected chi connectivity index (χ3v) is 7.47.